The van der Waals surface area contributed by atoms with E-state index in [0.29, 0.717) is 5.56 Å². The van der Waals surface area contributed by atoms with Crippen molar-refractivity contribution in [1.82, 2.24) is 10.6 Å². The third-order valence-corrected chi connectivity index (χ3v) is 4.66. The van der Waals surface area contributed by atoms with Gasteiger partial charge in [-0.15, -0.1) is 0 Å². The van der Waals surface area contributed by atoms with Gasteiger partial charge in [0.25, 0.3) is 0 Å². The third-order valence-electron chi connectivity index (χ3n) is 4.66. The molecule has 0 bridgehead atoms. The van der Waals surface area contributed by atoms with Crippen LogP contribution in [0.1, 0.15) is 31.9 Å². The van der Waals surface area contributed by atoms with Gasteiger partial charge in [-0.05, 0) is 44.0 Å². The highest BCUT2D eigenvalue weighted by molar-refractivity contribution is 5.79. The molecule has 0 unspecified atom stereocenters. The van der Waals surface area contributed by atoms with Crippen molar-refractivity contribution in [2.75, 3.05) is 0 Å². The van der Waals surface area contributed by atoms with Gasteiger partial charge in [0.1, 0.15) is 23.0 Å². The molecule has 0 aliphatic heterocycles. The number of carbonyl (C=O) groups excluding carboxylic acids is 2. The lowest BCUT2D eigenvalue weighted by Crippen LogP contribution is -2.32. The lowest BCUT2D eigenvalue weighted by atomic mass is 9.99. The van der Waals surface area contributed by atoms with Crippen LogP contribution in [0.4, 0.5) is 18.4 Å². The fourth-order valence-corrected chi connectivity index (χ4v) is 3.17. The van der Waals surface area contributed by atoms with E-state index in [-0.39, 0.29) is 24.4 Å². The van der Waals surface area contributed by atoms with E-state index in [1.807, 2.05) is 24.3 Å². The summed E-state index contributed by atoms with van der Waals surface area (Å²) in [5.74, 6) is -1.17. The minimum Gasteiger partial charge on any atom is -0.444 e. The Morgan fingerprint density at radius 2 is 1.41 bits per heavy atom. The number of hydrogen-bond acceptors (Lipinski definition) is 4. The van der Waals surface area contributed by atoms with Gasteiger partial charge in [0.15, 0.2) is 0 Å². The van der Waals surface area contributed by atoms with Crippen LogP contribution in [0.25, 0.3) is 11.1 Å². The van der Waals surface area contributed by atoms with E-state index in [4.69, 9.17) is 9.47 Å². The summed E-state index contributed by atoms with van der Waals surface area (Å²) in [5.41, 5.74) is 1.69. The molecule has 0 heterocycles. The van der Waals surface area contributed by atoms with Gasteiger partial charge in [0, 0.05) is 30.3 Å². The Hall–Kier alpha value is -3.94. The minimum atomic E-state index is -0.791. The lowest BCUT2D eigenvalue weighted by molar-refractivity contribution is 0.0523. The van der Waals surface area contributed by atoms with Crippen molar-refractivity contribution >= 4 is 12.2 Å². The van der Waals surface area contributed by atoms with Gasteiger partial charge in [0.2, 0.25) is 0 Å². The normalized spacial score (nSPS) is 11.0. The van der Waals surface area contributed by atoms with Crippen molar-refractivity contribution < 1.29 is 27.8 Å². The van der Waals surface area contributed by atoms with Crippen molar-refractivity contribution in [2.45, 2.75) is 39.5 Å². The second-order valence-electron chi connectivity index (χ2n) is 8.49. The molecule has 0 saturated carbocycles. The zero-order chi connectivity index (χ0) is 24.7. The lowest BCUT2D eigenvalue weighted by Gasteiger charge is -2.20. The predicted molar refractivity (Wildman–Crippen MR) is 124 cm³/mol. The number of para-hydroxylation sites is 1. The molecule has 0 aliphatic rings. The molecule has 0 radical (unpaired) electrons. The Morgan fingerprint density at radius 1 is 0.794 bits per heavy atom. The van der Waals surface area contributed by atoms with Crippen molar-refractivity contribution in [3.63, 3.8) is 0 Å². The summed E-state index contributed by atoms with van der Waals surface area (Å²) in [4.78, 5) is 24.4. The van der Waals surface area contributed by atoms with Crippen molar-refractivity contribution in [2.24, 2.45) is 0 Å². The maximum absolute atomic E-state index is 13.8. The summed E-state index contributed by atoms with van der Waals surface area (Å²) in [6.45, 7) is 5.38. The summed E-state index contributed by atoms with van der Waals surface area (Å²) in [6.07, 6.45) is -1.33. The topological polar surface area (TPSA) is 76.7 Å². The molecule has 0 saturated heterocycles. The molecule has 3 rings (SSSR count). The summed E-state index contributed by atoms with van der Waals surface area (Å²) in [5, 5.41) is 5.20. The quantitative estimate of drug-likeness (QED) is 0.469. The highest BCUT2D eigenvalue weighted by Crippen LogP contribution is 2.32. The zero-order valence-corrected chi connectivity index (χ0v) is 19.2. The number of nitrogens with one attached hydrogen (secondary N) is 2. The Labute approximate surface area is 196 Å². The van der Waals surface area contributed by atoms with Crippen LogP contribution in [-0.4, -0.2) is 17.8 Å². The summed E-state index contributed by atoms with van der Waals surface area (Å²) < 4.78 is 37.6. The molecule has 6 nitrogen and oxygen atoms in total. The molecule has 34 heavy (non-hydrogen) atoms. The molecular formula is C26H26F2N2O4. The van der Waals surface area contributed by atoms with Crippen molar-refractivity contribution in [3.8, 4) is 16.9 Å². The van der Waals surface area contributed by atoms with E-state index in [0.717, 1.165) is 23.3 Å². The number of alkyl carbamates (subject to hydrolysis) is 1. The smallest absolute Gasteiger partial charge is 0.412 e. The molecule has 0 fully saturated rings. The van der Waals surface area contributed by atoms with Gasteiger partial charge in [-0.2, -0.15) is 0 Å². The van der Waals surface area contributed by atoms with Gasteiger partial charge in [-0.1, -0.05) is 48.5 Å². The number of amides is 2. The fourth-order valence-electron chi connectivity index (χ4n) is 3.17. The van der Waals surface area contributed by atoms with E-state index >= 15 is 0 Å². The summed E-state index contributed by atoms with van der Waals surface area (Å²) in [6, 6.07) is 17.4. The average Bonchev–Trinajstić information content (AvgIpc) is 2.76. The first-order valence-electron chi connectivity index (χ1n) is 10.7. The SMILES string of the molecule is CC(C)(C)OC(=O)NCc1ccccc1-c1ccccc1OC(=O)NCc1ccc(F)cc1F. The largest absolute Gasteiger partial charge is 0.444 e. The average molecular weight is 469 g/mol. The Bertz CT molecular complexity index is 1180. The van der Waals surface area contributed by atoms with E-state index < -0.39 is 29.4 Å². The molecule has 3 aromatic rings. The first kappa shape index (κ1) is 24.7. The number of rotatable bonds is 6. The first-order chi connectivity index (χ1) is 16.1. The predicted octanol–water partition coefficient (Wildman–Crippen LogP) is 5.95. The van der Waals surface area contributed by atoms with Crippen LogP contribution < -0.4 is 15.4 Å². The molecule has 0 aliphatic carbocycles. The number of hydrogen-bond donors (Lipinski definition) is 2. The van der Waals surface area contributed by atoms with Gasteiger partial charge in [-0.3, -0.25) is 0 Å². The van der Waals surface area contributed by atoms with Crippen molar-refractivity contribution in [1.29, 1.82) is 0 Å². The standard InChI is InChI=1S/C26H26F2N2O4/c1-26(2,3)34-25(32)30-15-17-8-4-5-9-20(17)21-10-6-7-11-23(21)33-24(31)29-16-18-12-13-19(27)14-22(18)28/h4-14H,15-16H2,1-3H3,(H,29,31)(H,30,32). The van der Waals surface area contributed by atoms with E-state index in [1.165, 1.54) is 6.07 Å². The summed E-state index contributed by atoms with van der Waals surface area (Å²) in [7, 11) is 0. The van der Waals surface area contributed by atoms with Crippen LogP contribution >= 0.6 is 0 Å². The molecular weight excluding hydrogens is 442 g/mol. The molecule has 178 valence electrons. The molecule has 2 amide bonds. The van der Waals surface area contributed by atoms with Crippen LogP contribution in [-0.2, 0) is 17.8 Å². The monoisotopic (exact) mass is 468 g/mol. The Balaban J connectivity index is 1.72. The highest BCUT2D eigenvalue weighted by atomic mass is 19.1. The number of halogens is 2. The van der Waals surface area contributed by atoms with Gasteiger partial charge >= 0.3 is 12.2 Å². The minimum absolute atomic E-state index is 0.130. The summed E-state index contributed by atoms with van der Waals surface area (Å²) >= 11 is 0. The van der Waals surface area contributed by atoms with Crippen LogP contribution in [0.3, 0.4) is 0 Å². The maximum Gasteiger partial charge on any atom is 0.412 e. The Kier molecular flexibility index (Phi) is 7.83. The second kappa shape index (κ2) is 10.8. The molecule has 0 spiro atoms. The molecule has 8 heteroatoms. The number of ether oxygens (including phenoxy) is 2. The van der Waals surface area contributed by atoms with Crippen molar-refractivity contribution in [3.05, 3.63) is 89.5 Å². The number of benzene rings is 3. The first-order valence-corrected chi connectivity index (χ1v) is 10.7. The van der Waals surface area contributed by atoms with Gasteiger partial charge < -0.3 is 20.1 Å². The van der Waals surface area contributed by atoms with E-state index in [9.17, 15) is 18.4 Å². The second-order valence-corrected chi connectivity index (χ2v) is 8.49. The Morgan fingerprint density at radius 3 is 2.12 bits per heavy atom. The highest BCUT2D eigenvalue weighted by Gasteiger charge is 2.17. The maximum atomic E-state index is 13.8. The van der Waals surface area contributed by atoms with E-state index in [2.05, 4.69) is 10.6 Å². The van der Waals surface area contributed by atoms with Crippen LogP contribution in [0.15, 0.2) is 66.7 Å². The third kappa shape index (κ3) is 7.03. The fraction of sp³-hybridized carbons (Fsp3) is 0.231. The van der Waals surface area contributed by atoms with E-state index in [1.54, 1.807) is 45.0 Å². The van der Waals surface area contributed by atoms with Crippen LogP contribution in [0.2, 0.25) is 0 Å². The van der Waals surface area contributed by atoms with Gasteiger partial charge in [0.05, 0.1) is 0 Å². The van der Waals surface area contributed by atoms with Gasteiger partial charge in [-0.25, -0.2) is 18.4 Å². The zero-order valence-electron chi connectivity index (χ0n) is 19.2. The van der Waals surface area contributed by atoms with Crippen LogP contribution in [0, 0.1) is 11.6 Å². The molecule has 0 aromatic heterocycles. The molecule has 2 N–H and O–H groups in total. The molecule has 3 aromatic carbocycles. The molecule has 0 atom stereocenters. The van der Waals surface area contributed by atoms with Crippen LogP contribution in [0.5, 0.6) is 5.75 Å². The number of carbonyl (C=O) groups is 2.